The van der Waals surface area contributed by atoms with Crippen molar-refractivity contribution in [1.29, 1.82) is 0 Å². The highest BCUT2D eigenvalue weighted by molar-refractivity contribution is 5.94. The van der Waals surface area contributed by atoms with Gasteiger partial charge < -0.3 is 15.0 Å². The van der Waals surface area contributed by atoms with Gasteiger partial charge in [-0.2, -0.15) is 0 Å². The lowest BCUT2D eigenvalue weighted by molar-refractivity contribution is -0.120. The van der Waals surface area contributed by atoms with Crippen LogP contribution in [0.4, 0.5) is 5.69 Å². The van der Waals surface area contributed by atoms with E-state index in [0.717, 1.165) is 0 Å². The number of nitrogens with one attached hydrogen (secondary N) is 1. The van der Waals surface area contributed by atoms with Gasteiger partial charge in [0, 0.05) is 26.4 Å². The van der Waals surface area contributed by atoms with Gasteiger partial charge in [0.15, 0.2) is 5.75 Å². The molecule has 1 N–H and O–H groups in total. The predicted molar refractivity (Wildman–Crippen MR) is 98.8 cm³/mol. The third kappa shape index (κ3) is 5.49. The number of rotatable bonds is 8. The molecule has 2 rings (SSSR count). The molecule has 0 aliphatic carbocycles. The van der Waals surface area contributed by atoms with Crippen molar-refractivity contribution >= 4 is 17.5 Å². The topological polar surface area (TPSA) is 58.6 Å². The van der Waals surface area contributed by atoms with Crippen LogP contribution in [-0.4, -0.2) is 24.9 Å². The van der Waals surface area contributed by atoms with Crippen molar-refractivity contribution in [3.8, 4) is 11.5 Å². The number of carbonyl (C=O) groups is 2. The van der Waals surface area contributed by atoms with Crippen molar-refractivity contribution in [1.82, 2.24) is 5.32 Å². The van der Waals surface area contributed by atoms with Crippen LogP contribution in [0, 0.1) is 0 Å². The summed E-state index contributed by atoms with van der Waals surface area (Å²) in [5.41, 5.74) is 0.635. The average molecular weight is 338 g/mol. The average Bonchev–Trinajstić information content (AvgIpc) is 2.62. The summed E-state index contributed by atoms with van der Waals surface area (Å²) in [6.45, 7) is 5.71. The molecule has 0 aliphatic rings. The van der Waals surface area contributed by atoms with Crippen LogP contribution in [0.2, 0.25) is 0 Å². The van der Waals surface area contributed by atoms with Crippen molar-refractivity contribution in [2.24, 2.45) is 0 Å². The second-order valence-electron chi connectivity index (χ2n) is 5.40. The Balaban J connectivity index is 2.16. The Morgan fingerprint density at radius 2 is 1.80 bits per heavy atom. The molecule has 0 spiro atoms. The maximum atomic E-state index is 12.1. The Morgan fingerprint density at radius 3 is 2.48 bits per heavy atom. The van der Waals surface area contributed by atoms with Gasteiger partial charge in [-0.15, -0.1) is 6.58 Å². The number of anilines is 1. The standard InChI is InChI=1S/C20H22N2O3/c1-3-14-21-20(24)13-15-22(16(2)23)18-11-7-8-12-19(18)25-17-9-5-4-6-10-17/h3-12H,1,13-15H2,2H3,(H,21,24). The minimum Gasteiger partial charge on any atom is -0.455 e. The molecular weight excluding hydrogens is 316 g/mol. The fraction of sp³-hybridized carbons (Fsp3) is 0.200. The highest BCUT2D eigenvalue weighted by atomic mass is 16.5. The van der Waals surface area contributed by atoms with Gasteiger partial charge in [-0.05, 0) is 24.3 Å². The van der Waals surface area contributed by atoms with Crippen LogP contribution in [-0.2, 0) is 9.59 Å². The van der Waals surface area contributed by atoms with Crippen LogP contribution in [0.5, 0.6) is 11.5 Å². The Labute approximate surface area is 147 Å². The van der Waals surface area contributed by atoms with Gasteiger partial charge in [0.2, 0.25) is 11.8 Å². The zero-order chi connectivity index (χ0) is 18.1. The Kier molecular flexibility index (Phi) is 6.77. The Morgan fingerprint density at radius 1 is 1.12 bits per heavy atom. The van der Waals surface area contributed by atoms with Crippen LogP contribution in [0.25, 0.3) is 0 Å². The lowest BCUT2D eigenvalue weighted by Crippen LogP contribution is -2.34. The zero-order valence-electron chi connectivity index (χ0n) is 14.3. The molecular formula is C20H22N2O3. The molecule has 0 unspecified atom stereocenters. The molecule has 0 aromatic heterocycles. The maximum Gasteiger partial charge on any atom is 0.223 e. The molecule has 2 aromatic carbocycles. The van der Waals surface area contributed by atoms with E-state index in [1.165, 1.54) is 6.92 Å². The number of nitrogens with zero attached hydrogens (tertiary/aromatic N) is 1. The smallest absolute Gasteiger partial charge is 0.223 e. The first kappa shape index (κ1) is 18.3. The number of ether oxygens (including phenoxy) is 1. The first-order chi connectivity index (χ1) is 12.1. The van der Waals surface area contributed by atoms with E-state index in [4.69, 9.17) is 4.74 Å². The molecule has 0 aliphatic heterocycles. The summed E-state index contributed by atoms with van der Waals surface area (Å²) in [7, 11) is 0. The van der Waals surface area contributed by atoms with Gasteiger partial charge in [-0.1, -0.05) is 36.4 Å². The second kappa shape index (κ2) is 9.27. The van der Waals surface area contributed by atoms with Gasteiger partial charge in [-0.3, -0.25) is 9.59 Å². The van der Waals surface area contributed by atoms with E-state index in [1.54, 1.807) is 23.1 Å². The normalized spacial score (nSPS) is 9.96. The predicted octanol–water partition coefficient (Wildman–Crippen LogP) is 3.52. The monoisotopic (exact) mass is 338 g/mol. The van der Waals surface area contributed by atoms with E-state index < -0.39 is 0 Å². The molecule has 0 bridgehead atoms. The van der Waals surface area contributed by atoms with Crippen LogP contribution < -0.4 is 15.0 Å². The number of amides is 2. The number of carbonyl (C=O) groups excluding carboxylic acids is 2. The van der Waals surface area contributed by atoms with Crippen molar-refractivity contribution in [2.45, 2.75) is 13.3 Å². The third-order valence-electron chi connectivity index (χ3n) is 3.51. The lowest BCUT2D eigenvalue weighted by atomic mass is 10.2. The summed E-state index contributed by atoms with van der Waals surface area (Å²) >= 11 is 0. The molecule has 0 fully saturated rings. The second-order valence-corrected chi connectivity index (χ2v) is 5.40. The molecule has 2 amide bonds. The molecule has 130 valence electrons. The quantitative estimate of drug-likeness (QED) is 0.749. The fourth-order valence-corrected chi connectivity index (χ4v) is 2.32. The number of para-hydroxylation sites is 3. The molecule has 0 saturated carbocycles. The first-order valence-electron chi connectivity index (χ1n) is 8.09. The largest absolute Gasteiger partial charge is 0.455 e. The molecule has 5 nitrogen and oxygen atoms in total. The highest BCUT2D eigenvalue weighted by Crippen LogP contribution is 2.32. The lowest BCUT2D eigenvalue weighted by Gasteiger charge is -2.23. The van der Waals surface area contributed by atoms with E-state index in [1.807, 2.05) is 42.5 Å². The Hall–Kier alpha value is -3.08. The number of hydrogen-bond acceptors (Lipinski definition) is 3. The van der Waals surface area contributed by atoms with Gasteiger partial charge >= 0.3 is 0 Å². The van der Waals surface area contributed by atoms with E-state index in [0.29, 0.717) is 23.7 Å². The fourth-order valence-electron chi connectivity index (χ4n) is 2.32. The minimum atomic E-state index is -0.152. The minimum absolute atomic E-state index is 0.132. The number of benzene rings is 2. The summed E-state index contributed by atoms with van der Waals surface area (Å²) in [6, 6.07) is 16.6. The molecule has 0 saturated heterocycles. The van der Waals surface area contributed by atoms with Crippen molar-refractivity contribution < 1.29 is 14.3 Å². The Bertz CT molecular complexity index is 729. The summed E-state index contributed by atoms with van der Waals surface area (Å²) in [5, 5.41) is 2.71. The van der Waals surface area contributed by atoms with E-state index in [-0.39, 0.29) is 24.8 Å². The molecule has 25 heavy (non-hydrogen) atoms. The van der Waals surface area contributed by atoms with E-state index in [2.05, 4.69) is 11.9 Å². The highest BCUT2D eigenvalue weighted by Gasteiger charge is 2.17. The molecule has 5 heteroatoms. The third-order valence-corrected chi connectivity index (χ3v) is 3.51. The maximum absolute atomic E-state index is 12.1. The van der Waals surface area contributed by atoms with Crippen LogP contribution in [0.15, 0.2) is 67.3 Å². The molecule has 0 heterocycles. The first-order valence-corrected chi connectivity index (χ1v) is 8.09. The molecule has 0 radical (unpaired) electrons. The van der Waals surface area contributed by atoms with E-state index >= 15 is 0 Å². The van der Waals surface area contributed by atoms with Gasteiger partial charge in [0.05, 0.1) is 5.69 Å². The van der Waals surface area contributed by atoms with E-state index in [9.17, 15) is 9.59 Å². The molecule has 0 atom stereocenters. The number of hydrogen-bond donors (Lipinski definition) is 1. The van der Waals surface area contributed by atoms with Crippen molar-refractivity contribution in [3.05, 3.63) is 67.3 Å². The van der Waals surface area contributed by atoms with Gasteiger partial charge in [-0.25, -0.2) is 0 Å². The van der Waals surface area contributed by atoms with Crippen LogP contribution in [0.1, 0.15) is 13.3 Å². The summed E-state index contributed by atoms with van der Waals surface area (Å²) in [4.78, 5) is 25.5. The zero-order valence-corrected chi connectivity index (χ0v) is 14.3. The summed E-state index contributed by atoms with van der Waals surface area (Å²) in [5.74, 6) is 0.964. The van der Waals surface area contributed by atoms with Crippen LogP contribution >= 0.6 is 0 Å². The summed E-state index contributed by atoms with van der Waals surface area (Å²) < 4.78 is 5.90. The van der Waals surface area contributed by atoms with Crippen molar-refractivity contribution in [3.63, 3.8) is 0 Å². The van der Waals surface area contributed by atoms with Crippen LogP contribution in [0.3, 0.4) is 0 Å². The summed E-state index contributed by atoms with van der Waals surface area (Å²) in [6.07, 6.45) is 1.82. The SMILES string of the molecule is C=CCNC(=O)CCN(C(C)=O)c1ccccc1Oc1ccccc1. The molecule has 2 aromatic rings. The van der Waals surface area contributed by atoms with Gasteiger partial charge in [0.25, 0.3) is 0 Å². The van der Waals surface area contributed by atoms with Gasteiger partial charge in [0.1, 0.15) is 5.75 Å². The van der Waals surface area contributed by atoms with Crippen molar-refractivity contribution in [2.75, 3.05) is 18.0 Å².